The summed E-state index contributed by atoms with van der Waals surface area (Å²) in [5, 5.41) is 29.4. The standard InChI is InChI=1S/C20H33ClO4S/c21-17-12-19(23)15(9-10-18(22)14-6-2-1-3-7-14)16(17)13-26-11-5-4-8-20(24)25/h9-10,14-19,22-23H,1-8,11-13H2,(H,24,25)/b10-9+/t15-,16-,17+,18-,19-/m1/s1. The van der Waals surface area contributed by atoms with Gasteiger partial charge in [0.05, 0.1) is 12.2 Å². The summed E-state index contributed by atoms with van der Waals surface area (Å²) in [7, 11) is 0. The van der Waals surface area contributed by atoms with Gasteiger partial charge in [0.25, 0.3) is 0 Å². The van der Waals surface area contributed by atoms with E-state index in [0.29, 0.717) is 18.8 Å². The van der Waals surface area contributed by atoms with Gasteiger partial charge >= 0.3 is 5.97 Å². The number of halogens is 1. The molecule has 0 unspecified atom stereocenters. The monoisotopic (exact) mass is 404 g/mol. The van der Waals surface area contributed by atoms with Crippen molar-refractivity contribution in [3.05, 3.63) is 12.2 Å². The number of hydrogen-bond donors (Lipinski definition) is 3. The Labute approximate surface area is 166 Å². The van der Waals surface area contributed by atoms with Crippen LogP contribution < -0.4 is 0 Å². The molecular formula is C20H33ClO4S. The largest absolute Gasteiger partial charge is 0.481 e. The molecule has 2 rings (SSSR count). The molecule has 2 fully saturated rings. The summed E-state index contributed by atoms with van der Waals surface area (Å²) in [4.78, 5) is 10.5. The first-order valence-electron chi connectivity index (χ1n) is 9.97. The maximum atomic E-state index is 10.5. The van der Waals surface area contributed by atoms with Crippen LogP contribution in [0, 0.1) is 17.8 Å². The lowest BCUT2D eigenvalue weighted by molar-refractivity contribution is -0.137. The first-order chi connectivity index (χ1) is 12.5. The third-order valence-corrected chi connectivity index (χ3v) is 7.47. The van der Waals surface area contributed by atoms with Gasteiger partial charge in [-0.15, -0.1) is 11.6 Å². The number of alkyl halides is 1. The van der Waals surface area contributed by atoms with Crippen molar-refractivity contribution in [3.8, 4) is 0 Å². The van der Waals surface area contributed by atoms with E-state index in [9.17, 15) is 15.0 Å². The van der Waals surface area contributed by atoms with Crippen LogP contribution in [-0.2, 0) is 4.79 Å². The molecule has 0 amide bonds. The summed E-state index contributed by atoms with van der Waals surface area (Å²) in [6.45, 7) is 0. The van der Waals surface area contributed by atoms with E-state index in [-0.39, 0.29) is 23.6 Å². The fourth-order valence-electron chi connectivity index (χ4n) is 4.15. The minimum absolute atomic E-state index is 0.00209. The number of thioether (sulfide) groups is 1. The lowest BCUT2D eigenvalue weighted by Crippen LogP contribution is -2.24. The zero-order chi connectivity index (χ0) is 18.9. The highest BCUT2D eigenvalue weighted by Crippen LogP contribution is 2.39. The van der Waals surface area contributed by atoms with E-state index >= 15 is 0 Å². The zero-order valence-corrected chi connectivity index (χ0v) is 17.0. The van der Waals surface area contributed by atoms with E-state index in [0.717, 1.165) is 30.8 Å². The molecule has 2 saturated carbocycles. The van der Waals surface area contributed by atoms with Crippen LogP contribution in [0.15, 0.2) is 12.2 Å². The number of aliphatic hydroxyl groups is 2. The molecule has 26 heavy (non-hydrogen) atoms. The van der Waals surface area contributed by atoms with E-state index in [2.05, 4.69) is 0 Å². The molecule has 2 aliphatic rings. The highest BCUT2D eigenvalue weighted by atomic mass is 35.5. The van der Waals surface area contributed by atoms with E-state index < -0.39 is 18.2 Å². The van der Waals surface area contributed by atoms with Crippen LogP contribution in [-0.4, -0.2) is 50.4 Å². The highest BCUT2D eigenvalue weighted by molar-refractivity contribution is 7.99. The molecule has 0 aromatic carbocycles. The average Bonchev–Trinajstić information content (AvgIpc) is 2.89. The van der Waals surface area contributed by atoms with Crippen LogP contribution in [0.4, 0.5) is 0 Å². The molecular weight excluding hydrogens is 372 g/mol. The van der Waals surface area contributed by atoms with Crippen molar-refractivity contribution < 1.29 is 20.1 Å². The van der Waals surface area contributed by atoms with Crippen LogP contribution in [0.5, 0.6) is 0 Å². The molecule has 0 bridgehead atoms. The van der Waals surface area contributed by atoms with Gasteiger partial charge in [0.15, 0.2) is 0 Å². The quantitative estimate of drug-likeness (QED) is 0.290. The van der Waals surface area contributed by atoms with Crippen LogP contribution in [0.25, 0.3) is 0 Å². The minimum atomic E-state index is -0.739. The van der Waals surface area contributed by atoms with Gasteiger partial charge in [0.2, 0.25) is 0 Å². The van der Waals surface area contributed by atoms with Crippen molar-refractivity contribution in [3.63, 3.8) is 0 Å². The van der Waals surface area contributed by atoms with Crippen molar-refractivity contribution >= 4 is 29.3 Å². The molecule has 0 heterocycles. The lowest BCUT2D eigenvalue weighted by Gasteiger charge is -2.25. The van der Waals surface area contributed by atoms with Crippen LogP contribution >= 0.6 is 23.4 Å². The van der Waals surface area contributed by atoms with Crippen molar-refractivity contribution in [2.45, 2.75) is 75.4 Å². The fourth-order valence-corrected chi connectivity index (χ4v) is 6.00. The average molecular weight is 405 g/mol. The van der Waals surface area contributed by atoms with Crippen molar-refractivity contribution in [1.82, 2.24) is 0 Å². The molecule has 4 nitrogen and oxygen atoms in total. The Bertz CT molecular complexity index is 453. The smallest absolute Gasteiger partial charge is 0.303 e. The van der Waals surface area contributed by atoms with Gasteiger partial charge in [-0.2, -0.15) is 11.8 Å². The summed E-state index contributed by atoms with van der Waals surface area (Å²) in [5.41, 5.74) is 0. The van der Waals surface area contributed by atoms with Crippen molar-refractivity contribution in [1.29, 1.82) is 0 Å². The Hall–Kier alpha value is -0.230. The molecule has 0 radical (unpaired) electrons. The molecule has 2 aliphatic carbocycles. The topological polar surface area (TPSA) is 77.8 Å². The van der Waals surface area contributed by atoms with E-state index in [1.807, 2.05) is 12.2 Å². The first kappa shape index (κ1) is 22.1. The number of hydrogen-bond acceptors (Lipinski definition) is 4. The van der Waals surface area contributed by atoms with E-state index in [4.69, 9.17) is 16.7 Å². The van der Waals surface area contributed by atoms with Gasteiger partial charge in [0.1, 0.15) is 0 Å². The molecule has 5 atom stereocenters. The molecule has 0 aromatic heterocycles. The highest BCUT2D eigenvalue weighted by Gasteiger charge is 2.40. The normalized spacial score (nSPS) is 31.5. The number of rotatable bonds is 10. The number of aliphatic hydroxyl groups excluding tert-OH is 2. The Kier molecular flexibility index (Phi) is 9.82. The summed E-state index contributed by atoms with van der Waals surface area (Å²) in [5.74, 6) is 1.61. The summed E-state index contributed by atoms with van der Waals surface area (Å²) in [6.07, 6.45) is 11.3. The molecule has 3 N–H and O–H groups in total. The second kappa shape index (κ2) is 11.6. The molecule has 0 spiro atoms. The van der Waals surface area contributed by atoms with E-state index in [1.165, 1.54) is 19.3 Å². The Morgan fingerprint density at radius 1 is 1.23 bits per heavy atom. The fraction of sp³-hybridized carbons (Fsp3) is 0.850. The van der Waals surface area contributed by atoms with Gasteiger partial charge in [-0.1, -0.05) is 31.4 Å². The van der Waals surface area contributed by atoms with Gasteiger partial charge < -0.3 is 15.3 Å². The summed E-state index contributed by atoms with van der Waals surface area (Å²) < 4.78 is 0. The van der Waals surface area contributed by atoms with Gasteiger partial charge in [-0.25, -0.2) is 0 Å². The summed E-state index contributed by atoms with van der Waals surface area (Å²) in [6, 6.07) is 0. The van der Waals surface area contributed by atoms with Crippen LogP contribution in [0.3, 0.4) is 0 Å². The predicted octanol–water partition coefficient (Wildman–Crippen LogP) is 4.08. The second-order valence-electron chi connectivity index (χ2n) is 7.76. The molecule has 0 aromatic rings. The maximum Gasteiger partial charge on any atom is 0.303 e. The Balaban J connectivity index is 1.78. The first-order valence-corrected chi connectivity index (χ1v) is 11.6. The molecule has 0 saturated heterocycles. The Morgan fingerprint density at radius 3 is 2.65 bits per heavy atom. The number of carboxylic acid groups (broad SMARTS) is 1. The third-order valence-electron chi connectivity index (χ3n) is 5.77. The third kappa shape index (κ3) is 7.06. The van der Waals surface area contributed by atoms with Crippen molar-refractivity contribution in [2.75, 3.05) is 11.5 Å². The van der Waals surface area contributed by atoms with Gasteiger partial charge in [-0.3, -0.25) is 4.79 Å². The van der Waals surface area contributed by atoms with Gasteiger partial charge in [0, 0.05) is 17.7 Å². The molecule has 0 aliphatic heterocycles. The lowest BCUT2D eigenvalue weighted by atomic mass is 9.84. The predicted molar refractivity (Wildman–Crippen MR) is 108 cm³/mol. The SMILES string of the molecule is O=C(O)CCCCSC[C@@H]1[C@@H](/C=C/[C@@H](O)C2CCCCC2)[C@H](O)C[C@@H]1Cl. The number of aliphatic carboxylic acids is 1. The van der Waals surface area contributed by atoms with Crippen LogP contribution in [0.1, 0.15) is 57.8 Å². The maximum absolute atomic E-state index is 10.5. The van der Waals surface area contributed by atoms with Crippen LogP contribution in [0.2, 0.25) is 0 Å². The number of carboxylic acids is 1. The zero-order valence-electron chi connectivity index (χ0n) is 15.4. The number of carbonyl (C=O) groups is 1. The minimum Gasteiger partial charge on any atom is -0.481 e. The van der Waals surface area contributed by atoms with Gasteiger partial charge in [-0.05, 0) is 55.4 Å². The number of unbranched alkanes of at least 4 members (excludes halogenated alkanes) is 1. The van der Waals surface area contributed by atoms with E-state index in [1.54, 1.807) is 11.8 Å². The van der Waals surface area contributed by atoms with Crippen molar-refractivity contribution in [2.24, 2.45) is 17.8 Å². The molecule has 150 valence electrons. The summed E-state index contributed by atoms with van der Waals surface area (Å²) >= 11 is 8.26. The second-order valence-corrected chi connectivity index (χ2v) is 9.47. The molecule has 6 heteroatoms. The Morgan fingerprint density at radius 2 is 1.96 bits per heavy atom.